The minimum absolute atomic E-state index is 0.411. The Morgan fingerprint density at radius 1 is 1.50 bits per heavy atom. The highest BCUT2D eigenvalue weighted by atomic mass is 16.5. The van der Waals surface area contributed by atoms with Gasteiger partial charge in [0.25, 0.3) is 0 Å². The smallest absolute Gasteiger partial charge is 0.131 e. The van der Waals surface area contributed by atoms with E-state index in [0.29, 0.717) is 6.04 Å². The number of ether oxygens (including phenoxy) is 1. The van der Waals surface area contributed by atoms with Gasteiger partial charge in [0.1, 0.15) is 5.82 Å². The molecule has 1 aromatic rings. The molecule has 1 unspecified atom stereocenters. The van der Waals surface area contributed by atoms with E-state index in [2.05, 4.69) is 36.1 Å². The quantitative estimate of drug-likeness (QED) is 0.870. The van der Waals surface area contributed by atoms with E-state index < -0.39 is 0 Å². The van der Waals surface area contributed by atoms with E-state index in [9.17, 15) is 0 Å². The van der Waals surface area contributed by atoms with E-state index in [-0.39, 0.29) is 0 Å². The van der Waals surface area contributed by atoms with Crippen LogP contribution in [0.4, 0.5) is 5.82 Å². The first kappa shape index (κ1) is 13.4. The number of nitrogens with one attached hydrogen (secondary N) is 1. The molecule has 18 heavy (non-hydrogen) atoms. The van der Waals surface area contributed by atoms with Crippen LogP contribution in [0.15, 0.2) is 0 Å². The van der Waals surface area contributed by atoms with Crippen molar-refractivity contribution in [1.82, 2.24) is 15.1 Å². The molecule has 1 atom stereocenters. The molecule has 1 fully saturated rings. The van der Waals surface area contributed by atoms with Gasteiger partial charge >= 0.3 is 0 Å². The summed E-state index contributed by atoms with van der Waals surface area (Å²) in [4.78, 5) is 2.41. The van der Waals surface area contributed by atoms with Gasteiger partial charge in [-0.3, -0.25) is 4.68 Å². The van der Waals surface area contributed by atoms with Gasteiger partial charge in [0.15, 0.2) is 0 Å². The van der Waals surface area contributed by atoms with E-state index in [0.717, 1.165) is 38.5 Å². The number of nitrogens with zero attached hydrogens (tertiary/aromatic N) is 3. The second-order valence-corrected chi connectivity index (χ2v) is 4.91. The molecule has 1 saturated heterocycles. The second-order valence-electron chi connectivity index (χ2n) is 4.91. The summed E-state index contributed by atoms with van der Waals surface area (Å²) in [6, 6.07) is 0.411. The summed E-state index contributed by atoms with van der Waals surface area (Å²) in [5.41, 5.74) is 2.43. The zero-order chi connectivity index (χ0) is 13.1. The zero-order valence-electron chi connectivity index (χ0n) is 11.9. The van der Waals surface area contributed by atoms with Crippen molar-refractivity contribution in [2.45, 2.75) is 33.4 Å². The molecule has 1 aliphatic heterocycles. The fourth-order valence-corrected chi connectivity index (χ4v) is 2.55. The van der Waals surface area contributed by atoms with Crippen molar-refractivity contribution in [1.29, 1.82) is 0 Å². The van der Waals surface area contributed by atoms with E-state index in [1.165, 1.54) is 11.4 Å². The van der Waals surface area contributed by atoms with Crippen molar-refractivity contribution in [3.8, 4) is 0 Å². The maximum absolute atomic E-state index is 5.51. The minimum atomic E-state index is 0.411. The average molecular weight is 252 g/mol. The fourth-order valence-electron chi connectivity index (χ4n) is 2.55. The first-order valence-corrected chi connectivity index (χ1v) is 6.72. The van der Waals surface area contributed by atoms with Crippen LogP contribution in [0.25, 0.3) is 0 Å². The van der Waals surface area contributed by atoms with Gasteiger partial charge in [-0.25, -0.2) is 0 Å². The molecule has 1 aliphatic rings. The summed E-state index contributed by atoms with van der Waals surface area (Å²) in [7, 11) is 2.03. The van der Waals surface area contributed by atoms with Crippen molar-refractivity contribution in [3.63, 3.8) is 0 Å². The molecule has 0 aliphatic carbocycles. The summed E-state index contributed by atoms with van der Waals surface area (Å²) < 4.78 is 7.52. The van der Waals surface area contributed by atoms with Gasteiger partial charge in [0.05, 0.1) is 24.9 Å². The molecule has 5 nitrogen and oxygen atoms in total. The molecule has 102 valence electrons. The van der Waals surface area contributed by atoms with Gasteiger partial charge in [-0.2, -0.15) is 5.10 Å². The first-order chi connectivity index (χ1) is 8.65. The van der Waals surface area contributed by atoms with E-state index >= 15 is 0 Å². The van der Waals surface area contributed by atoms with Crippen LogP contribution in [0.3, 0.4) is 0 Å². The van der Waals surface area contributed by atoms with Crippen LogP contribution in [-0.4, -0.2) is 42.1 Å². The summed E-state index contributed by atoms with van der Waals surface area (Å²) in [6.07, 6.45) is 0. The first-order valence-electron chi connectivity index (χ1n) is 6.72. The normalized spacial score (nSPS) is 20.4. The SMILES string of the molecule is CCNCc1c(C)nn(C)c1N1CCOCC1C. The Labute approximate surface area is 109 Å². The standard InChI is InChI=1S/C13H24N4O/c1-5-14-8-12-11(3)15-16(4)13(12)17-6-7-18-9-10(17)2/h10,14H,5-9H2,1-4H3. The van der Waals surface area contributed by atoms with Gasteiger partial charge in [0, 0.05) is 25.7 Å². The lowest BCUT2D eigenvalue weighted by molar-refractivity contribution is 0.0980. The van der Waals surface area contributed by atoms with Crippen LogP contribution in [0.1, 0.15) is 25.1 Å². The lowest BCUT2D eigenvalue weighted by Crippen LogP contribution is -2.45. The summed E-state index contributed by atoms with van der Waals surface area (Å²) >= 11 is 0. The molecule has 0 spiro atoms. The van der Waals surface area contributed by atoms with Gasteiger partial charge in [-0.1, -0.05) is 6.92 Å². The van der Waals surface area contributed by atoms with Crippen LogP contribution >= 0.6 is 0 Å². The molecular weight excluding hydrogens is 228 g/mol. The maximum Gasteiger partial charge on any atom is 0.131 e. The Hall–Kier alpha value is -1.07. The Balaban J connectivity index is 2.29. The lowest BCUT2D eigenvalue weighted by atomic mass is 10.2. The Bertz CT molecular complexity index is 402. The van der Waals surface area contributed by atoms with E-state index in [4.69, 9.17) is 4.74 Å². The predicted molar refractivity (Wildman–Crippen MR) is 73.0 cm³/mol. The highest BCUT2D eigenvalue weighted by Gasteiger charge is 2.25. The molecule has 1 N–H and O–H groups in total. The van der Waals surface area contributed by atoms with Crippen LogP contribution in [0, 0.1) is 6.92 Å². The minimum Gasteiger partial charge on any atom is -0.377 e. The summed E-state index contributed by atoms with van der Waals surface area (Å²) in [5, 5.41) is 7.97. The summed E-state index contributed by atoms with van der Waals surface area (Å²) in [5.74, 6) is 1.24. The van der Waals surface area contributed by atoms with Gasteiger partial charge in [0.2, 0.25) is 0 Å². The van der Waals surface area contributed by atoms with Gasteiger partial charge in [-0.05, 0) is 20.4 Å². The molecular formula is C13H24N4O. The van der Waals surface area contributed by atoms with Crippen molar-refractivity contribution < 1.29 is 4.74 Å². The van der Waals surface area contributed by atoms with Gasteiger partial charge in [-0.15, -0.1) is 0 Å². The van der Waals surface area contributed by atoms with Crippen LogP contribution < -0.4 is 10.2 Å². The van der Waals surface area contributed by atoms with Crippen molar-refractivity contribution in [2.24, 2.45) is 7.05 Å². The number of hydrogen-bond donors (Lipinski definition) is 1. The molecule has 0 bridgehead atoms. The molecule has 2 rings (SSSR count). The van der Waals surface area contributed by atoms with Crippen LogP contribution in [0.2, 0.25) is 0 Å². The fraction of sp³-hybridized carbons (Fsp3) is 0.769. The highest BCUT2D eigenvalue weighted by molar-refractivity contribution is 5.51. The third-order valence-corrected chi connectivity index (χ3v) is 3.50. The number of aromatic nitrogens is 2. The van der Waals surface area contributed by atoms with Crippen LogP contribution in [0.5, 0.6) is 0 Å². The Morgan fingerprint density at radius 2 is 2.28 bits per heavy atom. The number of morpholine rings is 1. The molecule has 0 amide bonds. The monoisotopic (exact) mass is 252 g/mol. The third kappa shape index (κ3) is 2.52. The lowest BCUT2D eigenvalue weighted by Gasteiger charge is -2.35. The highest BCUT2D eigenvalue weighted by Crippen LogP contribution is 2.26. The molecule has 0 aromatic carbocycles. The van der Waals surface area contributed by atoms with Crippen LogP contribution in [-0.2, 0) is 18.3 Å². The molecule has 0 saturated carbocycles. The number of aryl methyl sites for hydroxylation is 2. The maximum atomic E-state index is 5.51. The van der Waals surface area contributed by atoms with Crippen molar-refractivity contribution in [2.75, 3.05) is 31.2 Å². The Morgan fingerprint density at radius 3 is 2.94 bits per heavy atom. The number of hydrogen-bond acceptors (Lipinski definition) is 4. The van der Waals surface area contributed by atoms with E-state index in [1.54, 1.807) is 0 Å². The second kappa shape index (κ2) is 5.71. The number of anilines is 1. The summed E-state index contributed by atoms with van der Waals surface area (Å²) in [6.45, 7) is 10.8. The predicted octanol–water partition coefficient (Wildman–Crippen LogP) is 1.06. The molecule has 0 radical (unpaired) electrons. The number of rotatable bonds is 4. The zero-order valence-corrected chi connectivity index (χ0v) is 11.9. The molecule has 1 aromatic heterocycles. The largest absolute Gasteiger partial charge is 0.377 e. The molecule has 2 heterocycles. The third-order valence-electron chi connectivity index (χ3n) is 3.50. The van der Waals surface area contributed by atoms with Gasteiger partial charge < -0.3 is 15.0 Å². The van der Waals surface area contributed by atoms with E-state index in [1.807, 2.05) is 11.7 Å². The van der Waals surface area contributed by atoms with Crippen molar-refractivity contribution >= 4 is 5.82 Å². The average Bonchev–Trinajstić information content (AvgIpc) is 2.62. The topological polar surface area (TPSA) is 42.3 Å². The molecule has 5 heteroatoms. The van der Waals surface area contributed by atoms with Crippen molar-refractivity contribution in [3.05, 3.63) is 11.3 Å². The Kier molecular flexibility index (Phi) is 4.24.